The van der Waals surface area contributed by atoms with Crippen molar-refractivity contribution in [3.8, 4) is 0 Å². The van der Waals surface area contributed by atoms with Crippen LogP contribution in [0, 0.1) is 6.92 Å². The summed E-state index contributed by atoms with van der Waals surface area (Å²) in [5, 5.41) is 7.25. The second-order valence-electron chi connectivity index (χ2n) is 7.01. The van der Waals surface area contributed by atoms with E-state index in [9.17, 15) is 9.59 Å². The molecule has 3 rings (SSSR count). The van der Waals surface area contributed by atoms with Crippen LogP contribution in [0.15, 0.2) is 36.7 Å². The number of likely N-dealkylation sites (N-methyl/N-ethyl adjacent to an activating group) is 1. The van der Waals surface area contributed by atoms with Crippen molar-refractivity contribution in [2.24, 2.45) is 7.05 Å². The first-order valence-corrected chi connectivity index (χ1v) is 9.30. The number of hydrogen-bond acceptors (Lipinski definition) is 4. The minimum atomic E-state index is -0.419. The third-order valence-corrected chi connectivity index (χ3v) is 4.95. The summed E-state index contributed by atoms with van der Waals surface area (Å²) in [6.45, 7) is 4.37. The summed E-state index contributed by atoms with van der Waals surface area (Å²) >= 11 is 0. The molecule has 1 fully saturated rings. The van der Waals surface area contributed by atoms with Crippen LogP contribution >= 0.6 is 12.4 Å². The van der Waals surface area contributed by atoms with Gasteiger partial charge in [0.15, 0.2) is 0 Å². The highest BCUT2D eigenvalue weighted by Gasteiger charge is 2.28. The largest absolute Gasteiger partial charge is 0.339 e. The van der Waals surface area contributed by atoms with E-state index in [-0.39, 0.29) is 24.2 Å². The first-order valence-electron chi connectivity index (χ1n) is 9.30. The van der Waals surface area contributed by atoms with Crippen LogP contribution in [0.3, 0.4) is 0 Å². The molecule has 1 aromatic carbocycles. The molecule has 152 valence electrons. The minimum Gasteiger partial charge on any atom is -0.339 e. The second kappa shape index (κ2) is 9.71. The average Bonchev–Trinajstić information content (AvgIpc) is 2.93. The van der Waals surface area contributed by atoms with E-state index >= 15 is 0 Å². The monoisotopic (exact) mass is 405 g/mol. The highest BCUT2D eigenvalue weighted by Crippen LogP contribution is 2.17. The van der Waals surface area contributed by atoms with E-state index in [1.54, 1.807) is 17.9 Å². The summed E-state index contributed by atoms with van der Waals surface area (Å²) < 4.78 is 1.69. The molecule has 7 nitrogen and oxygen atoms in total. The third kappa shape index (κ3) is 4.91. The van der Waals surface area contributed by atoms with Gasteiger partial charge < -0.3 is 15.1 Å². The number of nitrogens with zero attached hydrogens (tertiary/aromatic N) is 4. The molecule has 0 spiro atoms. The molecular weight excluding hydrogens is 378 g/mol. The Bertz CT molecular complexity index is 822. The normalized spacial score (nSPS) is 15.5. The fourth-order valence-corrected chi connectivity index (χ4v) is 3.51. The minimum absolute atomic E-state index is 0. The van der Waals surface area contributed by atoms with Crippen molar-refractivity contribution in [3.05, 3.63) is 53.3 Å². The maximum atomic E-state index is 13.0. The lowest BCUT2D eigenvalue weighted by Crippen LogP contribution is -2.42. The van der Waals surface area contributed by atoms with Crippen molar-refractivity contribution < 1.29 is 9.59 Å². The van der Waals surface area contributed by atoms with Gasteiger partial charge in [-0.1, -0.05) is 17.7 Å². The standard InChI is InChI=1S/C20H27N5O2.ClH/c1-15-6-4-7-16(12-15)19(26)24-8-5-9-25(11-10-24)20(27)18(21-2)17-13-22-23(3)14-17;/h4,6-7,12-14,18,21H,5,8-11H2,1-3H3;1H. The molecule has 2 heterocycles. The van der Waals surface area contributed by atoms with Gasteiger partial charge in [0.1, 0.15) is 6.04 Å². The van der Waals surface area contributed by atoms with Gasteiger partial charge in [-0.3, -0.25) is 14.3 Å². The summed E-state index contributed by atoms with van der Waals surface area (Å²) in [4.78, 5) is 29.5. The molecule has 1 aliphatic rings. The first-order chi connectivity index (χ1) is 13.0. The van der Waals surface area contributed by atoms with Gasteiger partial charge in [-0.25, -0.2) is 0 Å². The molecule has 28 heavy (non-hydrogen) atoms. The Morgan fingerprint density at radius 1 is 1.14 bits per heavy atom. The third-order valence-electron chi connectivity index (χ3n) is 4.95. The quantitative estimate of drug-likeness (QED) is 0.841. The lowest BCUT2D eigenvalue weighted by molar-refractivity contribution is -0.133. The van der Waals surface area contributed by atoms with Gasteiger partial charge in [-0.05, 0) is 32.5 Å². The van der Waals surface area contributed by atoms with Gasteiger partial charge in [-0.15, -0.1) is 12.4 Å². The fourth-order valence-electron chi connectivity index (χ4n) is 3.51. The second-order valence-corrected chi connectivity index (χ2v) is 7.01. The lowest BCUT2D eigenvalue weighted by atomic mass is 10.1. The number of aromatic nitrogens is 2. The van der Waals surface area contributed by atoms with Crippen LogP contribution in [-0.2, 0) is 11.8 Å². The molecule has 2 aromatic rings. The van der Waals surface area contributed by atoms with Crippen LogP contribution in [0.25, 0.3) is 0 Å². The van der Waals surface area contributed by atoms with Crippen molar-refractivity contribution in [2.45, 2.75) is 19.4 Å². The van der Waals surface area contributed by atoms with Crippen molar-refractivity contribution in [2.75, 3.05) is 33.2 Å². The van der Waals surface area contributed by atoms with Crippen LogP contribution in [-0.4, -0.2) is 64.6 Å². The van der Waals surface area contributed by atoms with E-state index in [1.807, 2.05) is 54.2 Å². The highest BCUT2D eigenvalue weighted by atomic mass is 35.5. The molecule has 1 N–H and O–H groups in total. The Morgan fingerprint density at radius 2 is 1.86 bits per heavy atom. The van der Waals surface area contributed by atoms with Crippen molar-refractivity contribution in [1.82, 2.24) is 24.9 Å². The molecule has 2 amide bonds. The summed E-state index contributed by atoms with van der Waals surface area (Å²) in [5.41, 5.74) is 2.63. The van der Waals surface area contributed by atoms with Gasteiger partial charge in [0, 0.05) is 50.6 Å². The SMILES string of the molecule is CNC(C(=O)N1CCCN(C(=O)c2cccc(C)c2)CC1)c1cnn(C)c1.Cl. The molecule has 1 aromatic heterocycles. The smallest absolute Gasteiger partial charge is 0.253 e. The zero-order valence-corrected chi connectivity index (χ0v) is 17.4. The molecule has 1 aliphatic heterocycles. The number of carbonyl (C=O) groups excluding carboxylic acids is 2. The summed E-state index contributed by atoms with van der Waals surface area (Å²) in [7, 11) is 3.61. The highest BCUT2D eigenvalue weighted by molar-refractivity contribution is 5.94. The van der Waals surface area contributed by atoms with E-state index in [0.717, 1.165) is 17.5 Å². The molecule has 8 heteroatoms. The van der Waals surface area contributed by atoms with Gasteiger partial charge in [0.2, 0.25) is 5.91 Å². The Labute approximate surface area is 172 Å². The number of rotatable bonds is 4. The first kappa shape index (κ1) is 21.9. The molecule has 1 saturated heterocycles. The lowest BCUT2D eigenvalue weighted by Gasteiger charge is -2.26. The summed E-state index contributed by atoms with van der Waals surface area (Å²) in [6, 6.07) is 7.23. The van der Waals surface area contributed by atoms with Crippen molar-refractivity contribution in [3.63, 3.8) is 0 Å². The van der Waals surface area contributed by atoms with Crippen LogP contribution in [0.2, 0.25) is 0 Å². The number of halogens is 1. The maximum absolute atomic E-state index is 13.0. The molecule has 0 saturated carbocycles. The Balaban J connectivity index is 0.00000280. The van der Waals surface area contributed by atoms with Gasteiger partial charge in [0.25, 0.3) is 5.91 Å². The van der Waals surface area contributed by atoms with Gasteiger partial charge in [0.05, 0.1) is 6.20 Å². The average molecular weight is 406 g/mol. The Morgan fingerprint density at radius 3 is 2.50 bits per heavy atom. The van der Waals surface area contributed by atoms with E-state index < -0.39 is 6.04 Å². The molecule has 1 unspecified atom stereocenters. The van der Waals surface area contributed by atoms with Gasteiger partial charge >= 0.3 is 0 Å². The molecular formula is C20H28ClN5O2. The van der Waals surface area contributed by atoms with E-state index in [2.05, 4.69) is 10.4 Å². The van der Waals surface area contributed by atoms with Crippen LogP contribution in [0.4, 0.5) is 0 Å². The zero-order valence-electron chi connectivity index (χ0n) is 16.6. The van der Waals surface area contributed by atoms with Crippen LogP contribution in [0.1, 0.15) is 33.9 Å². The fraction of sp³-hybridized carbons (Fsp3) is 0.450. The van der Waals surface area contributed by atoms with Crippen LogP contribution < -0.4 is 5.32 Å². The summed E-state index contributed by atoms with van der Waals surface area (Å²) in [5.74, 6) is 0.0563. The topological polar surface area (TPSA) is 70.5 Å². The van der Waals surface area contributed by atoms with E-state index in [0.29, 0.717) is 31.7 Å². The number of amides is 2. The Hall–Kier alpha value is -2.38. The maximum Gasteiger partial charge on any atom is 0.253 e. The number of nitrogens with one attached hydrogen (secondary N) is 1. The molecule has 0 bridgehead atoms. The number of hydrogen-bond donors (Lipinski definition) is 1. The van der Waals surface area contributed by atoms with Crippen LogP contribution in [0.5, 0.6) is 0 Å². The van der Waals surface area contributed by atoms with E-state index in [1.165, 1.54) is 0 Å². The van der Waals surface area contributed by atoms with Crippen molar-refractivity contribution >= 4 is 24.2 Å². The number of aryl methyl sites for hydroxylation is 2. The summed E-state index contributed by atoms with van der Waals surface area (Å²) in [6.07, 6.45) is 4.33. The zero-order chi connectivity index (χ0) is 19.4. The molecule has 0 radical (unpaired) electrons. The predicted molar refractivity (Wildman–Crippen MR) is 111 cm³/mol. The number of benzene rings is 1. The Kier molecular flexibility index (Phi) is 7.60. The van der Waals surface area contributed by atoms with Crippen molar-refractivity contribution in [1.29, 1.82) is 0 Å². The predicted octanol–water partition coefficient (Wildman–Crippen LogP) is 1.79. The van der Waals surface area contributed by atoms with Gasteiger partial charge in [-0.2, -0.15) is 5.10 Å². The number of carbonyl (C=O) groups is 2. The van der Waals surface area contributed by atoms with E-state index in [4.69, 9.17) is 0 Å². The molecule has 0 aliphatic carbocycles. The molecule has 1 atom stereocenters.